The molecule has 7 atom stereocenters. The van der Waals surface area contributed by atoms with Crippen molar-refractivity contribution >= 4 is 5.97 Å². The predicted molar refractivity (Wildman–Crippen MR) is 68.6 cm³/mol. The van der Waals surface area contributed by atoms with Gasteiger partial charge in [0, 0.05) is 11.3 Å². The van der Waals surface area contributed by atoms with Crippen molar-refractivity contribution in [3.05, 3.63) is 0 Å². The van der Waals surface area contributed by atoms with Gasteiger partial charge in [-0.3, -0.25) is 0 Å². The number of esters is 1. The molecule has 5 heteroatoms. The minimum absolute atomic E-state index is 0.0569. The van der Waals surface area contributed by atoms with Crippen LogP contribution >= 0.6 is 0 Å². The first-order chi connectivity index (χ1) is 9.25. The quantitative estimate of drug-likeness (QED) is 0.534. The molecule has 1 aliphatic carbocycles. The fourth-order valence-electron chi connectivity index (χ4n) is 5.31. The van der Waals surface area contributed by atoms with Crippen LogP contribution in [0.2, 0.25) is 0 Å². The molecule has 4 aliphatic rings. The molecule has 5 nitrogen and oxygen atoms in total. The van der Waals surface area contributed by atoms with Gasteiger partial charge in [-0.25, -0.2) is 4.79 Å². The summed E-state index contributed by atoms with van der Waals surface area (Å²) in [6.45, 7) is 8.16. The molecule has 2 bridgehead atoms. The number of fused-ring (bicyclic) bond motifs is 3. The summed E-state index contributed by atoms with van der Waals surface area (Å²) in [7, 11) is 0. The largest absolute Gasteiger partial charge is 0.431 e. The van der Waals surface area contributed by atoms with Crippen LogP contribution in [0.15, 0.2) is 0 Å². The molecular weight excluding hydrogens is 260 g/mol. The molecule has 20 heavy (non-hydrogen) atoms. The Morgan fingerprint density at radius 2 is 1.90 bits per heavy atom. The average molecular weight is 282 g/mol. The predicted octanol–water partition coefficient (Wildman–Crippen LogP) is 1.23. The molecule has 0 radical (unpaired) electrons. The van der Waals surface area contributed by atoms with E-state index in [0.717, 1.165) is 12.8 Å². The van der Waals surface area contributed by atoms with Crippen LogP contribution in [-0.2, 0) is 19.0 Å². The zero-order chi connectivity index (χ0) is 14.5. The van der Waals surface area contributed by atoms with Crippen LogP contribution in [0.25, 0.3) is 0 Å². The third kappa shape index (κ3) is 1.16. The highest BCUT2D eigenvalue weighted by atomic mass is 16.7. The average Bonchev–Trinajstić information content (AvgIpc) is 3.04. The van der Waals surface area contributed by atoms with Gasteiger partial charge >= 0.3 is 5.97 Å². The number of ether oxygens (including phenoxy) is 3. The number of hydrogen-bond donors (Lipinski definition) is 1. The maximum absolute atomic E-state index is 12.6. The summed E-state index contributed by atoms with van der Waals surface area (Å²) in [6.07, 6.45) is 0.180. The lowest BCUT2D eigenvalue weighted by Crippen LogP contribution is -2.60. The number of aliphatic hydroxyl groups excluding tert-OH is 1. The van der Waals surface area contributed by atoms with Crippen molar-refractivity contribution in [1.29, 1.82) is 0 Å². The van der Waals surface area contributed by atoms with Crippen LogP contribution in [-0.4, -0.2) is 40.8 Å². The summed E-state index contributed by atoms with van der Waals surface area (Å²) < 4.78 is 17.1. The van der Waals surface area contributed by atoms with E-state index in [9.17, 15) is 9.90 Å². The second-order valence-electron chi connectivity index (χ2n) is 7.57. The number of hydrogen-bond acceptors (Lipinski definition) is 5. The minimum Gasteiger partial charge on any atom is -0.431 e. The van der Waals surface area contributed by atoms with E-state index in [0.29, 0.717) is 0 Å². The molecule has 0 aromatic rings. The van der Waals surface area contributed by atoms with Gasteiger partial charge in [0.1, 0.15) is 6.10 Å². The monoisotopic (exact) mass is 282 g/mol. The van der Waals surface area contributed by atoms with Crippen LogP contribution in [0.3, 0.4) is 0 Å². The van der Waals surface area contributed by atoms with E-state index < -0.39 is 29.0 Å². The summed E-state index contributed by atoms with van der Waals surface area (Å²) in [6, 6.07) is 0. The molecule has 4 fully saturated rings. The van der Waals surface area contributed by atoms with Crippen molar-refractivity contribution in [2.45, 2.75) is 70.2 Å². The summed E-state index contributed by atoms with van der Waals surface area (Å²) >= 11 is 0. The third-order valence-electron chi connectivity index (χ3n) is 6.37. The molecular formula is C15H22O5. The summed E-state index contributed by atoms with van der Waals surface area (Å²) in [5.74, 6) is -0.251. The Morgan fingerprint density at radius 3 is 2.60 bits per heavy atom. The number of carbonyl (C=O) groups is 1. The molecule has 1 saturated carbocycles. The molecule has 112 valence electrons. The normalized spacial score (nSPS) is 59.2. The van der Waals surface area contributed by atoms with E-state index in [1.54, 1.807) is 0 Å². The second kappa shape index (κ2) is 3.39. The molecule has 0 aromatic heterocycles. The highest BCUT2D eigenvalue weighted by molar-refractivity contribution is 5.86. The topological polar surface area (TPSA) is 68.3 Å². The number of epoxide rings is 1. The van der Waals surface area contributed by atoms with Crippen molar-refractivity contribution in [2.75, 3.05) is 0 Å². The van der Waals surface area contributed by atoms with Gasteiger partial charge in [-0.05, 0) is 32.6 Å². The van der Waals surface area contributed by atoms with Crippen LogP contribution in [0.1, 0.15) is 40.5 Å². The number of aliphatic hydroxyl groups is 1. The summed E-state index contributed by atoms with van der Waals surface area (Å²) in [4.78, 5) is 12.6. The molecule has 3 saturated heterocycles. The van der Waals surface area contributed by atoms with Gasteiger partial charge in [0.15, 0.2) is 5.60 Å². The first-order valence-corrected chi connectivity index (χ1v) is 7.50. The zero-order valence-electron chi connectivity index (χ0n) is 12.4. The van der Waals surface area contributed by atoms with Crippen molar-refractivity contribution in [2.24, 2.45) is 17.3 Å². The number of carbonyl (C=O) groups excluding carboxylic acids is 1. The van der Waals surface area contributed by atoms with E-state index in [2.05, 4.69) is 13.8 Å². The summed E-state index contributed by atoms with van der Waals surface area (Å²) in [5.41, 5.74) is -1.86. The lowest BCUT2D eigenvalue weighted by atomic mass is 9.52. The van der Waals surface area contributed by atoms with Crippen LogP contribution in [0.4, 0.5) is 0 Å². The lowest BCUT2D eigenvalue weighted by Gasteiger charge is -2.50. The van der Waals surface area contributed by atoms with Gasteiger partial charge in [0.25, 0.3) is 0 Å². The van der Waals surface area contributed by atoms with Crippen LogP contribution in [0.5, 0.6) is 0 Å². The van der Waals surface area contributed by atoms with Crippen LogP contribution < -0.4 is 0 Å². The zero-order valence-corrected chi connectivity index (χ0v) is 12.4. The number of rotatable bonds is 0. The van der Waals surface area contributed by atoms with E-state index in [-0.39, 0.29) is 23.9 Å². The maximum atomic E-state index is 12.6. The Balaban J connectivity index is 1.92. The molecule has 1 unspecified atom stereocenters. The standard InChI is InChI=1S/C15H22O5/c1-7-5-6-8-15(19-8)12(17)18-11-9(16)10(14(7,15)4)13(2,3)20-11/h7-11,16H,5-6H2,1-4H3/t7-,8-,9+,10+,11?,14-,15+/m0/s1. The Bertz CT molecular complexity index is 489. The SMILES string of the molecule is C[C@H]1CC[C@@H]2O[C@@]23C(=O)OC2OC(C)(C)[C@@H]([C@H]2O)[C@]13C. The second-order valence-corrected chi connectivity index (χ2v) is 7.57. The van der Waals surface area contributed by atoms with Crippen LogP contribution in [0, 0.1) is 17.3 Å². The van der Waals surface area contributed by atoms with Crippen molar-refractivity contribution in [3.8, 4) is 0 Å². The Labute approximate surface area is 118 Å². The minimum atomic E-state index is -0.869. The van der Waals surface area contributed by atoms with Gasteiger partial charge in [-0.15, -0.1) is 0 Å². The molecule has 3 heterocycles. The maximum Gasteiger partial charge on any atom is 0.344 e. The van der Waals surface area contributed by atoms with E-state index in [1.807, 2.05) is 13.8 Å². The lowest BCUT2D eigenvalue weighted by molar-refractivity contribution is -0.213. The Hall–Kier alpha value is -0.650. The first kappa shape index (κ1) is 13.0. The molecule has 1 N–H and O–H groups in total. The molecule has 0 aromatic carbocycles. The summed E-state index contributed by atoms with van der Waals surface area (Å²) in [5, 5.41) is 10.6. The molecule has 0 amide bonds. The highest BCUT2D eigenvalue weighted by Crippen LogP contribution is 2.69. The smallest absolute Gasteiger partial charge is 0.344 e. The molecule has 4 rings (SSSR count). The third-order valence-corrected chi connectivity index (χ3v) is 6.37. The van der Waals surface area contributed by atoms with E-state index in [1.165, 1.54) is 0 Å². The fourth-order valence-corrected chi connectivity index (χ4v) is 5.31. The van der Waals surface area contributed by atoms with Gasteiger partial charge in [0.2, 0.25) is 6.29 Å². The van der Waals surface area contributed by atoms with Gasteiger partial charge in [-0.2, -0.15) is 0 Å². The first-order valence-electron chi connectivity index (χ1n) is 7.50. The van der Waals surface area contributed by atoms with E-state index in [4.69, 9.17) is 14.2 Å². The Morgan fingerprint density at radius 1 is 1.20 bits per heavy atom. The van der Waals surface area contributed by atoms with Gasteiger partial charge in [-0.1, -0.05) is 13.8 Å². The molecule has 1 spiro atoms. The fraction of sp³-hybridized carbons (Fsp3) is 0.933. The van der Waals surface area contributed by atoms with Crippen molar-refractivity contribution < 1.29 is 24.1 Å². The van der Waals surface area contributed by atoms with E-state index >= 15 is 0 Å². The highest BCUT2D eigenvalue weighted by Gasteiger charge is 2.82. The van der Waals surface area contributed by atoms with Gasteiger partial charge in [0.05, 0.1) is 11.7 Å². The molecule has 3 aliphatic heterocycles. The van der Waals surface area contributed by atoms with Crippen molar-refractivity contribution in [3.63, 3.8) is 0 Å². The van der Waals surface area contributed by atoms with Crippen molar-refractivity contribution in [1.82, 2.24) is 0 Å². The van der Waals surface area contributed by atoms with Gasteiger partial charge < -0.3 is 19.3 Å². The Kier molecular flexibility index (Phi) is 2.21.